The number of alkyl halides is 3. The lowest BCUT2D eigenvalue weighted by Gasteiger charge is -2.29. The molecule has 0 saturated carbocycles. The van der Waals surface area contributed by atoms with Crippen molar-refractivity contribution < 1.29 is 18.3 Å². The lowest BCUT2D eigenvalue weighted by atomic mass is 10.1. The highest BCUT2D eigenvalue weighted by atomic mass is 19.4. The predicted molar refractivity (Wildman–Crippen MR) is 61.9 cm³/mol. The highest BCUT2D eigenvalue weighted by Crippen LogP contribution is 2.31. The molecule has 2 nitrogen and oxygen atoms in total. The van der Waals surface area contributed by atoms with E-state index in [0.29, 0.717) is 25.9 Å². The number of hydrogen-bond acceptors (Lipinski definition) is 2. The lowest BCUT2D eigenvalue weighted by molar-refractivity contribution is -0.219. The van der Waals surface area contributed by atoms with Gasteiger partial charge >= 0.3 is 6.18 Å². The molecule has 100 valence electrons. The highest BCUT2D eigenvalue weighted by molar-refractivity contribution is 5.15. The van der Waals surface area contributed by atoms with Crippen molar-refractivity contribution in [2.45, 2.75) is 37.7 Å². The van der Waals surface area contributed by atoms with E-state index in [-0.39, 0.29) is 0 Å². The van der Waals surface area contributed by atoms with E-state index >= 15 is 0 Å². The first-order valence-electron chi connectivity index (χ1n) is 6.01. The third kappa shape index (κ3) is 3.03. The average Bonchev–Trinajstić information content (AvgIpc) is 2.76. The van der Waals surface area contributed by atoms with E-state index in [4.69, 9.17) is 0 Å². The molecule has 1 heterocycles. The highest BCUT2D eigenvalue weighted by Gasteiger charge is 2.46. The Labute approximate surface area is 104 Å². The van der Waals surface area contributed by atoms with Crippen LogP contribution in [0.5, 0.6) is 0 Å². The fraction of sp³-hybridized carbons (Fsp3) is 0.538. The standard InChI is InChI=1S/C13H16F3NO/c14-13(15,16)12(18)11-7-4-8-17(11)9-10-5-2-1-3-6-10/h1-3,5-6,11-12,18H,4,7-9H2/t11-,12+/m0/s1. The molecule has 5 heteroatoms. The minimum atomic E-state index is -4.54. The Morgan fingerprint density at radius 1 is 1.28 bits per heavy atom. The molecule has 1 aliphatic rings. The summed E-state index contributed by atoms with van der Waals surface area (Å²) >= 11 is 0. The molecular formula is C13H16F3NO. The molecule has 1 saturated heterocycles. The van der Waals surface area contributed by atoms with Crippen LogP contribution in [0.15, 0.2) is 30.3 Å². The van der Waals surface area contributed by atoms with Crippen molar-refractivity contribution in [2.75, 3.05) is 6.54 Å². The fourth-order valence-corrected chi connectivity index (χ4v) is 2.44. The zero-order valence-corrected chi connectivity index (χ0v) is 9.90. The van der Waals surface area contributed by atoms with Gasteiger partial charge in [0.05, 0.1) is 0 Å². The second-order valence-electron chi connectivity index (χ2n) is 4.65. The molecule has 1 N–H and O–H groups in total. The second-order valence-corrected chi connectivity index (χ2v) is 4.65. The van der Waals surface area contributed by atoms with E-state index in [1.54, 1.807) is 4.90 Å². The zero-order valence-electron chi connectivity index (χ0n) is 9.90. The Morgan fingerprint density at radius 2 is 1.94 bits per heavy atom. The van der Waals surface area contributed by atoms with Crippen molar-refractivity contribution in [2.24, 2.45) is 0 Å². The van der Waals surface area contributed by atoms with E-state index in [1.807, 2.05) is 30.3 Å². The van der Waals surface area contributed by atoms with Crippen LogP contribution in [0.3, 0.4) is 0 Å². The van der Waals surface area contributed by atoms with Crippen LogP contribution in [0.1, 0.15) is 18.4 Å². The summed E-state index contributed by atoms with van der Waals surface area (Å²) in [7, 11) is 0. The number of nitrogens with zero attached hydrogens (tertiary/aromatic N) is 1. The Balaban J connectivity index is 2.04. The van der Waals surface area contributed by atoms with Crippen molar-refractivity contribution in [1.82, 2.24) is 4.90 Å². The summed E-state index contributed by atoms with van der Waals surface area (Å²) < 4.78 is 37.6. The maximum Gasteiger partial charge on any atom is 0.415 e. The van der Waals surface area contributed by atoms with Crippen LogP contribution in [-0.4, -0.2) is 34.9 Å². The van der Waals surface area contributed by atoms with Crippen molar-refractivity contribution in [1.29, 1.82) is 0 Å². The van der Waals surface area contributed by atoms with Crippen molar-refractivity contribution in [3.63, 3.8) is 0 Å². The molecule has 0 aliphatic carbocycles. The molecule has 0 amide bonds. The van der Waals surface area contributed by atoms with Crippen LogP contribution >= 0.6 is 0 Å². The average molecular weight is 259 g/mol. The Bertz CT molecular complexity index is 380. The fourth-order valence-electron chi connectivity index (χ4n) is 2.44. The van der Waals surface area contributed by atoms with Crippen LogP contribution < -0.4 is 0 Å². The summed E-state index contributed by atoms with van der Waals surface area (Å²) in [6, 6.07) is 8.55. The van der Waals surface area contributed by atoms with Crippen LogP contribution in [-0.2, 0) is 6.54 Å². The van der Waals surface area contributed by atoms with E-state index in [2.05, 4.69) is 0 Å². The topological polar surface area (TPSA) is 23.5 Å². The van der Waals surface area contributed by atoms with Gasteiger partial charge < -0.3 is 5.11 Å². The molecule has 1 aliphatic heterocycles. The number of rotatable bonds is 3. The smallest absolute Gasteiger partial charge is 0.382 e. The normalized spacial score (nSPS) is 23.2. The third-order valence-corrected chi connectivity index (χ3v) is 3.34. The molecule has 0 unspecified atom stereocenters. The van der Waals surface area contributed by atoms with Crippen molar-refractivity contribution in [3.05, 3.63) is 35.9 Å². The molecule has 0 spiro atoms. The summed E-state index contributed by atoms with van der Waals surface area (Å²) in [5, 5.41) is 9.37. The Morgan fingerprint density at radius 3 is 2.56 bits per heavy atom. The Kier molecular flexibility index (Phi) is 3.92. The van der Waals surface area contributed by atoms with Gasteiger partial charge in [-0.15, -0.1) is 0 Å². The van der Waals surface area contributed by atoms with Gasteiger partial charge in [0.2, 0.25) is 0 Å². The van der Waals surface area contributed by atoms with Gasteiger partial charge in [0.15, 0.2) is 6.10 Å². The number of aliphatic hydroxyl groups excluding tert-OH is 1. The monoisotopic (exact) mass is 259 g/mol. The molecule has 0 bridgehead atoms. The van der Waals surface area contributed by atoms with Crippen LogP contribution in [0, 0.1) is 0 Å². The van der Waals surface area contributed by atoms with E-state index < -0.39 is 18.3 Å². The molecule has 2 atom stereocenters. The summed E-state index contributed by atoms with van der Waals surface area (Å²) in [6.07, 6.45) is -5.69. The van der Waals surface area contributed by atoms with E-state index in [1.165, 1.54) is 0 Å². The van der Waals surface area contributed by atoms with Gasteiger partial charge in [0.25, 0.3) is 0 Å². The molecule has 1 aromatic carbocycles. The Hall–Kier alpha value is -1.07. The summed E-state index contributed by atoms with van der Waals surface area (Å²) in [6.45, 7) is 1.06. The van der Waals surface area contributed by atoms with Crippen LogP contribution in [0.25, 0.3) is 0 Å². The molecule has 1 aromatic rings. The number of halogens is 3. The lowest BCUT2D eigenvalue weighted by Crippen LogP contribution is -2.46. The molecule has 0 aromatic heterocycles. The van der Waals surface area contributed by atoms with Crippen molar-refractivity contribution in [3.8, 4) is 0 Å². The van der Waals surface area contributed by atoms with Gasteiger partial charge in [-0.2, -0.15) is 13.2 Å². The second kappa shape index (κ2) is 5.28. The van der Waals surface area contributed by atoms with E-state index in [0.717, 1.165) is 5.56 Å². The first-order valence-corrected chi connectivity index (χ1v) is 6.01. The molecule has 2 rings (SSSR count). The SMILES string of the molecule is O[C@H]([C@@H]1CCCN1Cc1ccccc1)C(F)(F)F. The van der Waals surface area contributed by atoms with Gasteiger partial charge in [-0.25, -0.2) is 0 Å². The minimum Gasteiger partial charge on any atom is -0.382 e. The van der Waals surface area contributed by atoms with Gasteiger partial charge in [0.1, 0.15) is 0 Å². The molecule has 18 heavy (non-hydrogen) atoms. The summed E-state index contributed by atoms with van der Waals surface area (Å²) in [5.74, 6) is 0. The van der Waals surface area contributed by atoms with Gasteiger partial charge in [-0.1, -0.05) is 30.3 Å². The molecule has 1 fully saturated rings. The maximum atomic E-state index is 12.5. The summed E-state index contributed by atoms with van der Waals surface area (Å²) in [4.78, 5) is 1.72. The number of benzene rings is 1. The predicted octanol–water partition coefficient (Wildman–Crippen LogP) is 2.57. The van der Waals surface area contributed by atoms with Crippen LogP contribution in [0.4, 0.5) is 13.2 Å². The number of likely N-dealkylation sites (tertiary alicyclic amines) is 1. The molecular weight excluding hydrogens is 243 g/mol. The number of aliphatic hydroxyl groups is 1. The summed E-state index contributed by atoms with van der Waals surface area (Å²) in [5.41, 5.74) is 0.971. The number of hydrogen-bond donors (Lipinski definition) is 1. The first kappa shape index (κ1) is 13.4. The zero-order chi connectivity index (χ0) is 13.2. The largest absolute Gasteiger partial charge is 0.415 e. The van der Waals surface area contributed by atoms with Gasteiger partial charge in [-0.3, -0.25) is 4.90 Å². The third-order valence-electron chi connectivity index (χ3n) is 3.34. The first-order chi connectivity index (χ1) is 8.48. The van der Waals surface area contributed by atoms with E-state index in [9.17, 15) is 18.3 Å². The van der Waals surface area contributed by atoms with Crippen LogP contribution in [0.2, 0.25) is 0 Å². The van der Waals surface area contributed by atoms with Crippen molar-refractivity contribution >= 4 is 0 Å². The minimum absolute atomic E-state index is 0.396. The van der Waals surface area contributed by atoms with Gasteiger partial charge in [-0.05, 0) is 24.9 Å². The molecule has 0 radical (unpaired) electrons. The van der Waals surface area contributed by atoms with Gasteiger partial charge in [0, 0.05) is 12.6 Å². The quantitative estimate of drug-likeness (QED) is 0.901. The maximum absolute atomic E-state index is 12.5.